The van der Waals surface area contributed by atoms with E-state index in [2.05, 4.69) is 10.6 Å². The van der Waals surface area contributed by atoms with Crippen molar-refractivity contribution in [3.63, 3.8) is 0 Å². The van der Waals surface area contributed by atoms with Crippen molar-refractivity contribution in [1.29, 1.82) is 0 Å². The highest BCUT2D eigenvalue weighted by Gasteiger charge is 2.08. The van der Waals surface area contributed by atoms with Crippen LogP contribution in [0.5, 0.6) is 0 Å². The molecule has 0 unspecified atom stereocenters. The Bertz CT molecular complexity index is 89.5. The average Bonchev–Trinajstić information content (AvgIpc) is 2.19. The summed E-state index contributed by atoms with van der Waals surface area (Å²) in [6.45, 7) is 5.72. The first-order valence-electron chi connectivity index (χ1n) is 4.05. The molecule has 74 valence electrons. The Hall–Kier alpha value is 0.570. The number of hydrogen-bond donors (Lipinski definition) is 1. The van der Waals surface area contributed by atoms with E-state index in [4.69, 9.17) is 7.80 Å². The Kier molecular flexibility index (Phi) is 10.1. The summed E-state index contributed by atoms with van der Waals surface area (Å²) in [7, 11) is 1.50. The third-order valence-electron chi connectivity index (χ3n) is 1.59. The van der Waals surface area contributed by atoms with Crippen LogP contribution in [0.4, 0.5) is 0 Å². The maximum absolute atomic E-state index is 5.20. The number of morpholine rings is 1. The quantitative estimate of drug-likeness (QED) is 0.757. The van der Waals surface area contributed by atoms with Gasteiger partial charge in [0.05, 0.1) is 19.8 Å². The van der Waals surface area contributed by atoms with E-state index in [0.29, 0.717) is 0 Å². The van der Waals surface area contributed by atoms with Crippen molar-refractivity contribution in [2.24, 2.45) is 5.73 Å². The van der Waals surface area contributed by atoms with Crippen molar-refractivity contribution in [3.8, 4) is 0 Å². The summed E-state index contributed by atoms with van der Waals surface area (Å²) in [4.78, 5) is 2.35. The summed E-state index contributed by atoms with van der Waals surface area (Å²) in [5, 5.41) is 0. The number of halogens is 1. The molecule has 0 spiro atoms. The van der Waals surface area contributed by atoms with Gasteiger partial charge < -0.3 is 13.5 Å². The lowest BCUT2D eigenvalue weighted by molar-refractivity contribution is 0.0344. The highest BCUT2D eigenvalue weighted by atomic mass is 127. The second-order valence-corrected chi connectivity index (χ2v) is 2.89. The highest BCUT2D eigenvalue weighted by Crippen LogP contribution is 1.96. The molecule has 0 aromatic rings. The summed E-state index contributed by atoms with van der Waals surface area (Å²) in [6.07, 6.45) is 0. The van der Waals surface area contributed by atoms with Crippen LogP contribution < -0.4 is 5.73 Å². The second-order valence-electron chi connectivity index (χ2n) is 2.27. The summed E-state index contributed by atoms with van der Waals surface area (Å²) >= 11 is 1.93. The molecule has 1 aliphatic rings. The van der Waals surface area contributed by atoms with Gasteiger partial charge in [-0.2, -0.15) is 0 Å². The van der Waals surface area contributed by atoms with Crippen LogP contribution in [0.15, 0.2) is 0 Å². The van der Waals surface area contributed by atoms with E-state index in [9.17, 15) is 0 Å². The van der Waals surface area contributed by atoms with E-state index in [-0.39, 0.29) is 0 Å². The molecule has 1 heterocycles. The van der Waals surface area contributed by atoms with Crippen molar-refractivity contribution < 1.29 is 7.80 Å². The molecule has 12 heavy (non-hydrogen) atoms. The van der Waals surface area contributed by atoms with Gasteiger partial charge in [-0.3, -0.25) is 4.90 Å². The Balaban J connectivity index is 0.000000561. The molecule has 2 N–H and O–H groups in total. The maximum atomic E-state index is 5.20. The fourth-order valence-corrected chi connectivity index (χ4v) is 1.19. The van der Waals surface area contributed by atoms with Crippen LogP contribution in [-0.4, -0.2) is 51.4 Å². The van der Waals surface area contributed by atoms with E-state index >= 15 is 0 Å². The smallest absolute Gasteiger partial charge is 0.109 e. The Morgan fingerprint density at radius 1 is 1.42 bits per heavy atom. The fourth-order valence-electron chi connectivity index (χ4n) is 0.988. The van der Waals surface area contributed by atoms with E-state index in [1.54, 1.807) is 0 Å². The van der Waals surface area contributed by atoms with Gasteiger partial charge in [0.2, 0.25) is 0 Å². The van der Waals surface area contributed by atoms with Gasteiger partial charge in [-0.05, 0) is 7.05 Å². The van der Waals surface area contributed by atoms with Crippen molar-refractivity contribution in [2.45, 2.75) is 0 Å². The maximum Gasteiger partial charge on any atom is 0.109 e. The lowest BCUT2D eigenvalue weighted by atomic mass is 10.4. The van der Waals surface area contributed by atoms with E-state index in [1.807, 2.05) is 23.0 Å². The Labute approximate surface area is 88.1 Å². The largest absolute Gasteiger partial charge is 0.379 e. The zero-order chi connectivity index (χ0) is 9.23. The summed E-state index contributed by atoms with van der Waals surface area (Å²) in [6, 6.07) is 0. The van der Waals surface area contributed by atoms with Crippen LogP contribution >= 0.6 is 23.0 Å². The predicted molar refractivity (Wildman–Crippen MR) is 57.3 cm³/mol. The molecule has 1 saturated heterocycles. The molecule has 0 aromatic heterocycles. The number of ether oxygens (including phenoxy) is 1. The van der Waals surface area contributed by atoms with Gasteiger partial charge >= 0.3 is 0 Å². The SMILES string of the molecule is CN.IOCCN1CCOCC1. The first-order chi connectivity index (χ1) is 5.93. The van der Waals surface area contributed by atoms with Crippen molar-refractivity contribution in [3.05, 3.63) is 0 Å². The van der Waals surface area contributed by atoms with Gasteiger partial charge in [-0.1, -0.05) is 0 Å². The third-order valence-corrected chi connectivity index (χ3v) is 2.03. The van der Waals surface area contributed by atoms with Crippen LogP contribution in [0.25, 0.3) is 0 Å². The van der Waals surface area contributed by atoms with E-state index in [0.717, 1.165) is 39.5 Å². The first-order valence-corrected chi connectivity index (χ1v) is 4.93. The van der Waals surface area contributed by atoms with Crippen molar-refractivity contribution >= 4 is 23.0 Å². The Morgan fingerprint density at radius 2 is 2.00 bits per heavy atom. The van der Waals surface area contributed by atoms with Gasteiger partial charge in [0.1, 0.15) is 23.0 Å². The van der Waals surface area contributed by atoms with Crippen LogP contribution in [-0.2, 0) is 7.80 Å². The molecular formula is C7H17IN2O2. The normalized spacial score (nSPS) is 18.2. The minimum atomic E-state index is 0.820. The number of hydrogen-bond acceptors (Lipinski definition) is 4. The van der Waals surface area contributed by atoms with Gasteiger partial charge in [0, 0.05) is 19.6 Å². The lowest BCUT2D eigenvalue weighted by Gasteiger charge is -2.25. The van der Waals surface area contributed by atoms with Gasteiger partial charge in [0.15, 0.2) is 0 Å². The molecule has 5 heteroatoms. The van der Waals surface area contributed by atoms with Crippen molar-refractivity contribution in [2.75, 3.05) is 46.5 Å². The standard InChI is InChI=1S/C6H12INO2.CH5N/c7-10-6-3-8-1-4-9-5-2-8;1-2/h1-6H2;2H2,1H3. The summed E-state index contributed by atoms with van der Waals surface area (Å²) < 4.78 is 10.1. The molecule has 4 nitrogen and oxygen atoms in total. The van der Waals surface area contributed by atoms with Gasteiger partial charge in [0.25, 0.3) is 0 Å². The molecule has 0 amide bonds. The lowest BCUT2D eigenvalue weighted by Crippen LogP contribution is -2.37. The van der Waals surface area contributed by atoms with Crippen LogP contribution in [0.3, 0.4) is 0 Å². The molecule has 0 bridgehead atoms. The number of nitrogens with two attached hydrogens (primary N) is 1. The van der Waals surface area contributed by atoms with E-state index in [1.165, 1.54) is 7.05 Å². The fraction of sp³-hybridized carbons (Fsp3) is 1.00. The minimum Gasteiger partial charge on any atom is -0.379 e. The monoisotopic (exact) mass is 288 g/mol. The average molecular weight is 288 g/mol. The zero-order valence-corrected chi connectivity index (χ0v) is 9.62. The van der Waals surface area contributed by atoms with Gasteiger partial charge in [-0.25, -0.2) is 0 Å². The third kappa shape index (κ3) is 6.13. The summed E-state index contributed by atoms with van der Waals surface area (Å²) in [5.41, 5.74) is 4.50. The molecule has 0 aromatic carbocycles. The van der Waals surface area contributed by atoms with Crippen LogP contribution in [0, 0.1) is 0 Å². The van der Waals surface area contributed by atoms with E-state index < -0.39 is 0 Å². The molecule has 0 atom stereocenters. The predicted octanol–water partition coefficient (Wildman–Crippen LogP) is 0.260. The zero-order valence-electron chi connectivity index (χ0n) is 7.46. The molecule has 0 saturated carbocycles. The number of rotatable bonds is 3. The number of nitrogens with zero attached hydrogens (tertiary/aromatic N) is 1. The molecule has 1 aliphatic heterocycles. The highest BCUT2D eigenvalue weighted by molar-refractivity contribution is 14.1. The topological polar surface area (TPSA) is 47.7 Å². The minimum absolute atomic E-state index is 0.820. The molecule has 1 fully saturated rings. The molecule has 0 radical (unpaired) electrons. The second kappa shape index (κ2) is 9.66. The molecule has 0 aliphatic carbocycles. The van der Waals surface area contributed by atoms with Gasteiger partial charge in [-0.15, -0.1) is 0 Å². The van der Waals surface area contributed by atoms with Crippen LogP contribution in [0.1, 0.15) is 0 Å². The Morgan fingerprint density at radius 3 is 2.50 bits per heavy atom. The van der Waals surface area contributed by atoms with Crippen LogP contribution in [0.2, 0.25) is 0 Å². The van der Waals surface area contributed by atoms with Crippen molar-refractivity contribution in [1.82, 2.24) is 4.90 Å². The summed E-state index contributed by atoms with van der Waals surface area (Å²) in [5.74, 6) is 0. The first kappa shape index (κ1) is 12.6. The molecule has 1 rings (SSSR count). The molecular weight excluding hydrogens is 271 g/mol.